The van der Waals surface area contributed by atoms with Crippen molar-refractivity contribution in [2.75, 3.05) is 6.54 Å². The van der Waals surface area contributed by atoms with Gasteiger partial charge in [0.15, 0.2) is 0 Å². The number of nitrogens with two attached hydrogens (primary N) is 1. The minimum absolute atomic E-state index is 0.116. The summed E-state index contributed by atoms with van der Waals surface area (Å²) >= 11 is 0. The van der Waals surface area contributed by atoms with Crippen molar-refractivity contribution in [2.24, 2.45) is 11.7 Å². The van der Waals surface area contributed by atoms with Gasteiger partial charge in [0.05, 0.1) is 6.42 Å². The highest BCUT2D eigenvalue weighted by Crippen LogP contribution is 2.23. The maximum atomic E-state index is 11.9. The number of carbonyl (C=O) groups is 1. The van der Waals surface area contributed by atoms with E-state index in [4.69, 9.17) is 5.73 Å². The molecule has 0 spiro atoms. The molecule has 2 atom stereocenters. The molecule has 2 rings (SSSR count). The van der Waals surface area contributed by atoms with Crippen LogP contribution in [0.1, 0.15) is 30.4 Å². The van der Waals surface area contributed by atoms with Crippen LogP contribution in [0.25, 0.3) is 0 Å². The van der Waals surface area contributed by atoms with Crippen LogP contribution in [0, 0.1) is 12.8 Å². The lowest BCUT2D eigenvalue weighted by Crippen LogP contribution is -2.30. The molecule has 1 amide bonds. The van der Waals surface area contributed by atoms with E-state index in [0.29, 0.717) is 18.4 Å². The van der Waals surface area contributed by atoms with Gasteiger partial charge in [-0.05, 0) is 43.2 Å². The molecule has 0 bridgehead atoms. The van der Waals surface area contributed by atoms with Gasteiger partial charge in [-0.2, -0.15) is 0 Å². The zero-order valence-corrected chi connectivity index (χ0v) is 11.0. The maximum Gasteiger partial charge on any atom is 0.224 e. The van der Waals surface area contributed by atoms with E-state index in [1.165, 1.54) is 5.56 Å². The molecule has 98 valence electrons. The van der Waals surface area contributed by atoms with Crippen molar-refractivity contribution in [3.63, 3.8) is 0 Å². The summed E-state index contributed by atoms with van der Waals surface area (Å²) in [4.78, 5) is 11.9. The zero-order chi connectivity index (χ0) is 13.0. The predicted molar refractivity (Wildman–Crippen MR) is 73.2 cm³/mol. The third-order valence-electron chi connectivity index (χ3n) is 3.78. The second-order valence-corrected chi connectivity index (χ2v) is 5.35. The summed E-state index contributed by atoms with van der Waals surface area (Å²) in [6.45, 7) is 2.82. The van der Waals surface area contributed by atoms with Crippen molar-refractivity contribution >= 4 is 5.91 Å². The van der Waals surface area contributed by atoms with Crippen molar-refractivity contribution in [3.05, 3.63) is 35.4 Å². The fraction of sp³-hybridized carbons (Fsp3) is 0.533. The van der Waals surface area contributed by atoms with Crippen LogP contribution < -0.4 is 11.1 Å². The summed E-state index contributed by atoms with van der Waals surface area (Å²) in [5, 5.41) is 3.03. The number of benzene rings is 1. The van der Waals surface area contributed by atoms with Gasteiger partial charge in [0.1, 0.15) is 0 Å². The molecule has 0 aromatic heterocycles. The monoisotopic (exact) mass is 246 g/mol. The Morgan fingerprint density at radius 1 is 1.39 bits per heavy atom. The molecule has 1 fully saturated rings. The highest BCUT2D eigenvalue weighted by molar-refractivity contribution is 5.78. The Morgan fingerprint density at radius 2 is 2.17 bits per heavy atom. The predicted octanol–water partition coefficient (Wildman–Crippen LogP) is 1.78. The van der Waals surface area contributed by atoms with Gasteiger partial charge < -0.3 is 11.1 Å². The van der Waals surface area contributed by atoms with Crippen molar-refractivity contribution in [1.82, 2.24) is 5.32 Å². The molecule has 0 heterocycles. The Morgan fingerprint density at radius 3 is 2.83 bits per heavy atom. The first kappa shape index (κ1) is 13.1. The Bertz CT molecular complexity index is 417. The number of carbonyl (C=O) groups excluding carboxylic acids is 1. The van der Waals surface area contributed by atoms with Crippen LogP contribution >= 0.6 is 0 Å². The fourth-order valence-corrected chi connectivity index (χ4v) is 2.60. The topological polar surface area (TPSA) is 55.1 Å². The Labute approximate surface area is 109 Å². The van der Waals surface area contributed by atoms with Gasteiger partial charge in [-0.25, -0.2) is 0 Å². The highest BCUT2D eigenvalue weighted by atomic mass is 16.1. The Hall–Kier alpha value is -1.35. The summed E-state index contributed by atoms with van der Waals surface area (Å²) in [6, 6.07) is 8.37. The van der Waals surface area contributed by atoms with E-state index < -0.39 is 0 Å². The molecular formula is C15H22N2O. The lowest BCUT2D eigenvalue weighted by Gasteiger charge is -2.11. The Kier molecular flexibility index (Phi) is 4.37. The second-order valence-electron chi connectivity index (χ2n) is 5.35. The van der Waals surface area contributed by atoms with Crippen LogP contribution in [0.5, 0.6) is 0 Å². The molecule has 1 aromatic rings. The van der Waals surface area contributed by atoms with Crippen LogP contribution in [0.15, 0.2) is 24.3 Å². The van der Waals surface area contributed by atoms with E-state index in [1.54, 1.807) is 0 Å². The number of nitrogens with one attached hydrogen (secondary N) is 1. The molecule has 3 heteroatoms. The third kappa shape index (κ3) is 3.57. The van der Waals surface area contributed by atoms with E-state index in [0.717, 1.165) is 31.4 Å². The number of aryl methyl sites for hydroxylation is 1. The molecular weight excluding hydrogens is 224 g/mol. The standard InChI is InChI=1S/C15H22N2O/c1-11-4-2-3-5-13(11)9-15(18)17-10-12-6-7-14(16)8-12/h2-5,12,14H,6-10,16H2,1H3,(H,17,18). The van der Waals surface area contributed by atoms with E-state index >= 15 is 0 Å². The molecule has 1 aromatic carbocycles. The first-order chi connectivity index (χ1) is 8.65. The number of hydrogen-bond donors (Lipinski definition) is 2. The van der Waals surface area contributed by atoms with Gasteiger partial charge in [0, 0.05) is 12.6 Å². The number of rotatable bonds is 4. The average Bonchev–Trinajstić information content (AvgIpc) is 2.76. The number of hydrogen-bond acceptors (Lipinski definition) is 2. The first-order valence-electron chi connectivity index (χ1n) is 6.72. The summed E-state index contributed by atoms with van der Waals surface area (Å²) in [5.41, 5.74) is 8.15. The van der Waals surface area contributed by atoms with Crippen molar-refractivity contribution < 1.29 is 4.79 Å². The summed E-state index contributed by atoms with van der Waals surface area (Å²) < 4.78 is 0. The SMILES string of the molecule is Cc1ccccc1CC(=O)NCC1CCC(N)C1. The molecule has 0 radical (unpaired) electrons. The van der Waals surface area contributed by atoms with Crippen LogP contribution in [-0.4, -0.2) is 18.5 Å². The molecule has 1 aliphatic carbocycles. The zero-order valence-electron chi connectivity index (χ0n) is 11.0. The minimum atomic E-state index is 0.116. The largest absolute Gasteiger partial charge is 0.356 e. The molecule has 0 saturated heterocycles. The summed E-state index contributed by atoms with van der Waals surface area (Å²) in [6.07, 6.45) is 3.76. The molecule has 1 saturated carbocycles. The van der Waals surface area contributed by atoms with Gasteiger partial charge >= 0.3 is 0 Å². The van der Waals surface area contributed by atoms with Crippen LogP contribution in [0.4, 0.5) is 0 Å². The lowest BCUT2D eigenvalue weighted by atomic mass is 10.0. The van der Waals surface area contributed by atoms with E-state index in [-0.39, 0.29) is 5.91 Å². The van der Waals surface area contributed by atoms with Crippen molar-refractivity contribution in [2.45, 2.75) is 38.6 Å². The van der Waals surface area contributed by atoms with E-state index in [1.807, 2.05) is 31.2 Å². The highest BCUT2D eigenvalue weighted by Gasteiger charge is 2.21. The van der Waals surface area contributed by atoms with Gasteiger partial charge in [0.25, 0.3) is 0 Å². The van der Waals surface area contributed by atoms with Crippen LogP contribution in [0.2, 0.25) is 0 Å². The lowest BCUT2D eigenvalue weighted by molar-refractivity contribution is -0.120. The molecule has 0 aliphatic heterocycles. The summed E-state index contributed by atoms with van der Waals surface area (Å²) in [5.74, 6) is 0.686. The van der Waals surface area contributed by atoms with Crippen molar-refractivity contribution in [3.8, 4) is 0 Å². The number of amides is 1. The van der Waals surface area contributed by atoms with Gasteiger partial charge in [-0.1, -0.05) is 24.3 Å². The van der Waals surface area contributed by atoms with Gasteiger partial charge in [0.2, 0.25) is 5.91 Å². The molecule has 2 unspecified atom stereocenters. The normalized spacial score (nSPS) is 23.0. The van der Waals surface area contributed by atoms with Crippen molar-refractivity contribution in [1.29, 1.82) is 0 Å². The summed E-state index contributed by atoms with van der Waals surface area (Å²) in [7, 11) is 0. The van der Waals surface area contributed by atoms with Crippen LogP contribution in [0.3, 0.4) is 0 Å². The van der Waals surface area contributed by atoms with E-state index in [9.17, 15) is 4.79 Å². The van der Waals surface area contributed by atoms with Crippen LogP contribution in [-0.2, 0) is 11.2 Å². The Balaban J connectivity index is 1.77. The quantitative estimate of drug-likeness (QED) is 0.851. The molecule has 18 heavy (non-hydrogen) atoms. The molecule has 3 nitrogen and oxygen atoms in total. The second kappa shape index (κ2) is 6.01. The van der Waals surface area contributed by atoms with E-state index in [2.05, 4.69) is 5.32 Å². The van der Waals surface area contributed by atoms with Gasteiger partial charge in [-0.15, -0.1) is 0 Å². The average molecular weight is 246 g/mol. The third-order valence-corrected chi connectivity index (χ3v) is 3.78. The molecule has 3 N–H and O–H groups in total. The maximum absolute atomic E-state index is 11.9. The fourth-order valence-electron chi connectivity index (χ4n) is 2.60. The first-order valence-corrected chi connectivity index (χ1v) is 6.72. The molecule has 1 aliphatic rings. The smallest absolute Gasteiger partial charge is 0.224 e. The van der Waals surface area contributed by atoms with Gasteiger partial charge in [-0.3, -0.25) is 4.79 Å². The minimum Gasteiger partial charge on any atom is -0.356 e.